The zero-order chi connectivity index (χ0) is 23.6. The van der Waals surface area contributed by atoms with Crippen LogP contribution in [0.4, 0.5) is 15.0 Å². The van der Waals surface area contributed by atoms with Gasteiger partial charge in [-0.05, 0) is 12.7 Å². The number of aliphatic carboxylic acids is 1. The maximum Gasteiger partial charge on any atom is 0.328 e. The molecule has 1 aliphatic rings. The second-order valence-electron chi connectivity index (χ2n) is 6.96. The lowest BCUT2D eigenvalue weighted by Crippen LogP contribution is -2.50. The molecule has 0 aromatic carbocycles. The molecule has 6 N–H and O–H groups in total. The number of aliphatic hydroxyl groups is 3. The second-order valence-corrected chi connectivity index (χ2v) is 7.73. The summed E-state index contributed by atoms with van der Waals surface area (Å²) < 4.78 is 21.2. The summed E-state index contributed by atoms with van der Waals surface area (Å²) in [5.41, 5.74) is 0.139. The van der Waals surface area contributed by atoms with Gasteiger partial charge in [0.05, 0.1) is 19.0 Å². The van der Waals surface area contributed by atoms with Gasteiger partial charge in [-0.3, -0.25) is 9.88 Å². The predicted octanol–water partition coefficient (Wildman–Crippen LogP) is -0.517. The van der Waals surface area contributed by atoms with Crippen LogP contribution in [0.1, 0.15) is 19.6 Å². The number of anilines is 1. The highest BCUT2D eigenvalue weighted by atomic mass is 32.2. The molecule has 0 radical (unpaired) electrons. The molecule has 0 bridgehead atoms. The SMILES string of the molecule is CCC(O)C(NC(=O)Nc1nc(SC)nc2c1ncn2[C@@H]1O[C@H](CO)C(O)[C@@H]1F)C(=O)O. The third-order valence-electron chi connectivity index (χ3n) is 4.92. The van der Waals surface area contributed by atoms with Crippen LogP contribution in [-0.2, 0) is 9.53 Å². The molecular weight excluding hydrogens is 451 g/mol. The van der Waals surface area contributed by atoms with Crippen molar-refractivity contribution in [1.82, 2.24) is 24.8 Å². The fraction of sp³-hybridized carbons (Fsp3) is 0.588. The number of nitrogens with zero attached hydrogens (tertiary/aromatic N) is 4. The monoisotopic (exact) mass is 474 g/mol. The summed E-state index contributed by atoms with van der Waals surface area (Å²) in [5, 5.41) is 42.9. The molecule has 15 heteroatoms. The number of carbonyl (C=O) groups excluding carboxylic acids is 1. The van der Waals surface area contributed by atoms with Crippen molar-refractivity contribution in [2.75, 3.05) is 18.2 Å². The number of nitrogens with one attached hydrogen (secondary N) is 2. The smallest absolute Gasteiger partial charge is 0.328 e. The van der Waals surface area contributed by atoms with Gasteiger partial charge in [-0.2, -0.15) is 0 Å². The van der Waals surface area contributed by atoms with Crippen molar-refractivity contribution in [3.05, 3.63) is 6.33 Å². The Labute approximate surface area is 185 Å². The number of carbonyl (C=O) groups is 2. The Morgan fingerprint density at radius 3 is 2.69 bits per heavy atom. The zero-order valence-corrected chi connectivity index (χ0v) is 17.9. The van der Waals surface area contributed by atoms with E-state index in [1.165, 1.54) is 10.9 Å². The number of hydrogen-bond acceptors (Lipinski definition) is 10. The highest BCUT2D eigenvalue weighted by Crippen LogP contribution is 2.34. The minimum atomic E-state index is -1.87. The van der Waals surface area contributed by atoms with E-state index in [1.54, 1.807) is 13.2 Å². The molecule has 32 heavy (non-hydrogen) atoms. The molecule has 3 unspecified atom stereocenters. The lowest BCUT2D eigenvalue weighted by Gasteiger charge is -2.19. The van der Waals surface area contributed by atoms with E-state index in [-0.39, 0.29) is 28.6 Å². The average Bonchev–Trinajstić information content (AvgIpc) is 3.32. The average molecular weight is 474 g/mol. The minimum absolute atomic E-state index is 0.0543. The lowest BCUT2D eigenvalue weighted by atomic mass is 10.1. The number of rotatable bonds is 8. The van der Waals surface area contributed by atoms with Crippen LogP contribution in [-0.4, -0.2) is 95.3 Å². The van der Waals surface area contributed by atoms with Crippen LogP contribution in [0.15, 0.2) is 11.5 Å². The Bertz CT molecular complexity index is 994. The Hall–Kier alpha value is -2.59. The standard InChI is InChI=1S/C17H23FN6O7S/c1-3-6(26)9(15(28)29)20-16(30)21-12-10-13(23-17(22-12)32-2)24(5-19-10)14-8(18)11(27)7(4-25)31-14/h5-9,11,14,25-27H,3-4H2,1-2H3,(H,28,29)(H2,20,21,22,23,30)/t6?,7-,8+,9?,11?,14-/m1/s1. The molecular formula is C17H23FN6O7S. The van der Waals surface area contributed by atoms with Gasteiger partial charge in [-0.15, -0.1) is 0 Å². The Balaban J connectivity index is 1.92. The molecule has 6 atom stereocenters. The number of carboxylic acids is 1. The van der Waals surface area contributed by atoms with Crippen molar-refractivity contribution in [2.45, 2.75) is 55.3 Å². The van der Waals surface area contributed by atoms with Gasteiger partial charge in [0.25, 0.3) is 0 Å². The van der Waals surface area contributed by atoms with E-state index in [9.17, 15) is 34.4 Å². The first-order chi connectivity index (χ1) is 15.2. The van der Waals surface area contributed by atoms with Gasteiger partial charge < -0.3 is 30.5 Å². The van der Waals surface area contributed by atoms with Gasteiger partial charge in [0, 0.05) is 0 Å². The highest BCUT2D eigenvalue weighted by Gasteiger charge is 2.45. The van der Waals surface area contributed by atoms with Gasteiger partial charge in [0.15, 0.2) is 40.6 Å². The fourth-order valence-corrected chi connectivity index (χ4v) is 3.54. The van der Waals surface area contributed by atoms with Gasteiger partial charge in [-0.1, -0.05) is 18.7 Å². The molecule has 3 heterocycles. The molecule has 13 nitrogen and oxygen atoms in total. The fourth-order valence-electron chi connectivity index (χ4n) is 3.18. The number of fused-ring (bicyclic) bond motifs is 1. The van der Waals surface area contributed by atoms with E-state index in [4.69, 9.17) is 4.74 Å². The van der Waals surface area contributed by atoms with Gasteiger partial charge in [0.2, 0.25) is 0 Å². The number of imidazole rings is 1. The van der Waals surface area contributed by atoms with Crippen molar-refractivity contribution >= 4 is 40.7 Å². The number of urea groups is 1. The van der Waals surface area contributed by atoms with E-state index in [2.05, 4.69) is 25.6 Å². The molecule has 1 aliphatic heterocycles. The number of hydrogen-bond donors (Lipinski definition) is 6. The Kier molecular flexibility index (Phi) is 7.45. The van der Waals surface area contributed by atoms with E-state index >= 15 is 0 Å². The number of aromatic nitrogens is 4. The molecule has 176 valence electrons. The summed E-state index contributed by atoms with van der Waals surface area (Å²) in [4.78, 5) is 36.2. The molecule has 0 aliphatic carbocycles. The third kappa shape index (κ3) is 4.61. The minimum Gasteiger partial charge on any atom is -0.480 e. The van der Waals surface area contributed by atoms with Gasteiger partial charge in [0.1, 0.15) is 12.2 Å². The van der Waals surface area contributed by atoms with Crippen LogP contribution in [0, 0.1) is 0 Å². The summed E-state index contributed by atoms with van der Waals surface area (Å²) in [5.74, 6) is -1.50. The van der Waals surface area contributed by atoms with Crippen molar-refractivity contribution in [3.63, 3.8) is 0 Å². The summed E-state index contributed by atoms with van der Waals surface area (Å²) in [7, 11) is 0. The number of alkyl halides is 1. The van der Waals surface area contributed by atoms with E-state index < -0.39 is 55.4 Å². The topological polar surface area (TPSA) is 192 Å². The second kappa shape index (κ2) is 9.91. The molecule has 1 saturated heterocycles. The van der Waals surface area contributed by atoms with Crippen molar-refractivity contribution in [2.24, 2.45) is 0 Å². The molecule has 3 rings (SSSR count). The maximum atomic E-state index is 14.6. The molecule has 0 spiro atoms. The van der Waals surface area contributed by atoms with Crippen molar-refractivity contribution in [1.29, 1.82) is 0 Å². The van der Waals surface area contributed by atoms with Crippen LogP contribution in [0.25, 0.3) is 11.2 Å². The summed E-state index contributed by atoms with van der Waals surface area (Å²) in [6.07, 6.45) is -4.23. The number of thioether (sulfide) groups is 1. The molecule has 2 aromatic rings. The summed E-state index contributed by atoms with van der Waals surface area (Å²) >= 11 is 1.12. The number of carboxylic acid groups (broad SMARTS) is 1. The lowest BCUT2D eigenvalue weighted by molar-refractivity contribution is -0.142. The van der Waals surface area contributed by atoms with E-state index in [0.717, 1.165) is 11.8 Å². The molecule has 1 fully saturated rings. The number of ether oxygens (including phenoxy) is 1. The maximum absolute atomic E-state index is 14.6. The van der Waals surface area contributed by atoms with Crippen LogP contribution < -0.4 is 10.6 Å². The van der Waals surface area contributed by atoms with Crippen LogP contribution >= 0.6 is 11.8 Å². The summed E-state index contributed by atoms with van der Waals surface area (Å²) in [6, 6.07) is -2.51. The largest absolute Gasteiger partial charge is 0.480 e. The Morgan fingerprint density at radius 1 is 1.41 bits per heavy atom. The number of halogens is 1. The first-order valence-corrected chi connectivity index (χ1v) is 10.8. The Morgan fingerprint density at radius 2 is 2.12 bits per heavy atom. The van der Waals surface area contributed by atoms with Gasteiger partial charge >= 0.3 is 12.0 Å². The molecule has 0 saturated carbocycles. The van der Waals surface area contributed by atoms with E-state index in [1.807, 2.05) is 0 Å². The zero-order valence-electron chi connectivity index (χ0n) is 17.0. The first-order valence-electron chi connectivity index (χ1n) is 9.57. The van der Waals surface area contributed by atoms with Crippen LogP contribution in [0.5, 0.6) is 0 Å². The number of amides is 2. The first kappa shape index (κ1) is 24.1. The third-order valence-corrected chi connectivity index (χ3v) is 5.47. The van der Waals surface area contributed by atoms with Crippen molar-refractivity contribution in [3.8, 4) is 0 Å². The van der Waals surface area contributed by atoms with Crippen LogP contribution in [0.2, 0.25) is 0 Å². The number of aliphatic hydroxyl groups excluding tert-OH is 3. The van der Waals surface area contributed by atoms with E-state index in [0.29, 0.717) is 0 Å². The quantitative estimate of drug-likeness (QED) is 0.213. The molecule has 2 amide bonds. The summed E-state index contributed by atoms with van der Waals surface area (Å²) in [6.45, 7) is 0.976. The highest BCUT2D eigenvalue weighted by molar-refractivity contribution is 7.98. The predicted molar refractivity (Wildman–Crippen MR) is 109 cm³/mol. The van der Waals surface area contributed by atoms with Crippen LogP contribution in [0.3, 0.4) is 0 Å². The molecule has 2 aromatic heterocycles. The van der Waals surface area contributed by atoms with Crippen molar-refractivity contribution < 1.29 is 39.1 Å². The van der Waals surface area contributed by atoms with Gasteiger partial charge in [-0.25, -0.2) is 28.9 Å². The normalized spacial score (nSPS) is 24.9.